The van der Waals surface area contributed by atoms with Crippen LogP contribution in [0.1, 0.15) is 5.56 Å². The van der Waals surface area contributed by atoms with E-state index in [1.807, 2.05) is 0 Å². The fourth-order valence-electron chi connectivity index (χ4n) is 2.52. The van der Waals surface area contributed by atoms with Gasteiger partial charge in [-0.1, -0.05) is 6.07 Å². The standard InChI is InChI=1S/C19H21NO8S/c1-25-14-7-5-12(6-8-18(21)22)9-17(14)29(23,24)20-13-10-15(26-2)19(28-4)16(11-13)27-3/h5-11,20H,1-4H3,(H,21,22)/b8-6+. The number of methoxy groups -OCH3 is 4. The van der Waals surface area contributed by atoms with E-state index in [1.165, 1.54) is 64.8 Å². The van der Waals surface area contributed by atoms with E-state index >= 15 is 0 Å². The van der Waals surface area contributed by atoms with Gasteiger partial charge >= 0.3 is 5.97 Å². The Labute approximate surface area is 168 Å². The quantitative estimate of drug-likeness (QED) is 0.591. The minimum absolute atomic E-state index is 0.0948. The summed E-state index contributed by atoms with van der Waals surface area (Å²) in [6.07, 6.45) is 2.19. The summed E-state index contributed by atoms with van der Waals surface area (Å²) in [6, 6.07) is 7.17. The van der Waals surface area contributed by atoms with Crippen molar-refractivity contribution in [1.82, 2.24) is 0 Å². The number of hydrogen-bond acceptors (Lipinski definition) is 7. The van der Waals surface area contributed by atoms with Gasteiger partial charge in [0, 0.05) is 18.2 Å². The lowest BCUT2D eigenvalue weighted by Gasteiger charge is -2.16. The van der Waals surface area contributed by atoms with E-state index in [9.17, 15) is 13.2 Å². The van der Waals surface area contributed by atoms with E-state index in [4.69, 9.17) is 24.1 Å². The van der Waals surface area contributed by atoms with Gasteiger partial charge in [0.2, 0.25) is 5.75 Å². The second kappa shape index (κ2) is 9.20. The van der Waals surface area contributed by atoms with Gasteiger partial charge in [0.05, 0.1) is 34.1 Å². The maximum absolute atomic E-state index is 13.0. The van der Waals surface area contributed by atoms with Crippen molar-refractivity contribution in [2.24, 2.45) is 0 Å². The SMILES string of the molecule is COc1ccc(/C=C/C(=O)O)cc1S(=O)(=O)Nc1cc(OC)c(OC)c(OC)c1. The number of anilines is 1. The van der Waals surface area contributed by atoms with Gasteiger partial charge in [0.15, 0.2) is 11.5 Å². The molecule has 2 aromatic carbocycles. The Balaban J connectivity index is 2.51. The Kier molecular flexibility index (Phi) is 6.94. The Bertz CT molecular complexity index is 1010. The molecule has 0 spiro atoms. The number of ether oxygens (including phenoxy) is 4. The van der Waals surface area contributed by atoms with E-state index in [2.05, 4.69) is 4.72 Å². The number of carboxylic acids is 1. The summed E-state index contributed by atoms with van der Waals surface area (Å²) >= 11 is 0. The predicted molar refractivity (Wildman–Crippen MR) is 107 cm³/mol. The van der Waals surface area contributed by atoms with E-state index in [0.717, 1.165) is 6.08 Å². The van der Waals surface area contributed by atoms with Gasteiger partial charge in [-0.2, -0.15) is 0 Å². The number of hydrogen-bond donors (Lipinski definition) is 2. The molecule has 0 heterocycles. The van der Waals surface area contributed by atoms with E-state index in [1.54, 1.807) is 0 Å². The molecule has 0 saturated carbocycles. The summed E-state index contributed by atoms with van der Waals surface area (Å²) in [5.41, 5.74) is 0.548. The molecule has 2 rings (SSSR count). The first-order chi connectivity index (χ1) is 13.7. The Morgan fingerprint density at radius 2 is 1.52 bits per heavy atom. The first-order valence-electron chi connectivity index (χ1n) is 8.17. The summed E-state index contributed by atoms with van der Waals surface area (Å²) in [5, 5.41) is 8.77. The summed E-state index contributed by atoms with van der Waals surface area (Å²) in [4.78, 5) is 10.6. The van der Waals surface area contributed by atoms with Crippen LogP contribution in [0.4, 0.5) is 5.69 Å². The zero-order chi connectivity index (χ0) is 21.6. The molecule has 0 fully saturated rings. The van der Waals surface area contributed by atoms with Crippen LogP contribution in [-0.4, -0.2) is 47.9 Å². The molecule has 0 aliphatic carbocycles. The molecule has 0 aromatic heterocycles. The maximum atomic E-state index is 13.0. The number of carbonyl (C=O) groups is 1. The zero-order valence-electron chi connectivity index (χ0n) is 16.3. The van der Waals surface area contributed by atoms with Crippen molar-refractivity contribution >= 4 is 27.8 Å². The van der Waals surface area contributed by atoms with Gasteiger partial charge in [-0.05, 0) is 23.8 Å². The second-order valence-corrected chi connectivity index (χ2v) is 7.25. The largest absolute Gasteiger partial charge is 0.495 e. The molecular weight excluding hydrogens is 402 g/mol. The van der Waals surface area contributed by atoms with E-state index < -0.39 is 16.0 Å². The van der Waals surface area contributed by atoms with Gasteiger partial charge in [-0.3, -0.25) is 4.72 Å². The van der Waals surface area contributed by atoms with Crippen molar-refractivity contribution in [3.63, 3.8) is 0 Å². The summed E-state index contributed by atoms with van der Waals surface area (Å²) in [7, 11) is 1.50. The van der Waals surface area contributed by atoms with Crippen LogP contribution in [0.5, 0.6) is 23.0 Å². The zero-order valence-corrected chi connectivity index (χ0v) is 17.1. The lowest BCUT2D eigenvalue weighted by atomic mass is 10.2. The molecule has 0 aliphatic rings. The number of aliphatic carboxylic acids is 1. The predicted octanol–water partition coefficient (Wildman–Crippen LogP) is 2.62. The van der Waals surface area contributed by atoms with E-state index in [-0.39, 0.29) is 27.8 Å². The molecule has 29 heavy (non-hydrogen) atoms. The molecule has 0 amide bonds. The third-order valence-electron chi connectivity index (χ3n) is 3.81. The highest BCUT2D eigenvalue weighted by atomic mass is 32.2. The monoisotopic (exact) mass is 423 g/mol. The Hall–Kier alpha value is -3.40. The lowest BCUT2D eigenvalue weighted by Crippen LogP contribution is -2.14. The molecule has 0 radical (unpaired) electrons. The van der Waals surface area contributed by atoms with Gasteiger partial charge in [0.1, 0.15) is 10.6 Å². The second-order valence-electron chi connectivity index (χ2n) is 5.60. The van der Waals surface area contributed by atoms with Crippen LogP contribution in [0.15, 0.2) is 41.3 Å². The van der Waals surface area contributed by atoms with Crippen LogP contribution in [0.3, 0.4) is 0 Å². The van der Waals surface area contributed by atoms with Crippen LogP contribution in [0.2, 0.25) is 0 Å². The molecule has 0 aliphatic heterocycles. The van der Waals surface area contributed by atoms with Gasteiger partial charge in [-0.25, -0.2) is 13.2 Å². The highest BCUT2D eigenvalue weighted by Crippen LogP contribution is 2.40. The fourth-order valence-corrected chi connectivity index (χ4v) is 3.77. The van der Waals surface area contributed by atoms with Crippen LogP contribution >= 0.6 is 0 Å². The normalized spacial score (nSPS) is 11.2. The Morgan fingerprint density at radius 3 is 2.00 bits per heavy atom. The third-order valence-corrected chi connectivity index (χ3v) is 5.21. The number of rotatable bonds is 9. The van der Waals surface area contributed by atoms with Crippen LogP contribution in [0.25, 0.3) is 6.08 Å². The average Bonchev–Trinajstić information content (AvgIpc) is 2.70. The molecule has 0 bridgehead atoms. The molecule has 0 unspecified atom stereocenters. The molecule has 2 aromatic rings. The number of benzene rings is 2. The van der Waals surface area contributed by atoms with Crippen molar-refractivity contribution in [3.05, 3.63) is 42.0 Å². The number of nitrogens with one attached hydrogen (secondary N) is 1. The minimum atomic E-state index is -4.09. The van der Waals surface area contributed by atoms with Crippen LogP contribution in [-0.2, 0) is 14.8 Å². The highest BCUT2D eigenvalue weighted by molar-refractivity contribution is 7.92. The maximum Gasteiger partial charge on any atom is 0.328 e. The van der Waals surface area contributed by atoms with Crippen molar-refractivity contribution < 1.29 is 37.3 Å². The van der Waals surface area contributed by atoms with Crippen molar-refractivity contribution in [2.75, 3.05) is 33.2 Å². The van der Waals surface area contributed by atoms with Crippen molar-refractivity contribution in [2.45, 2.75) is 4.90 Å². The first-order valence-corrected chi connectivity index (χ1v) is 9.66. The van der Waals surface area contributed by atoms with Crippen LogP contribution in [0, 0.1) is 0 Å². The third kappa shape index (κ3) is 5.11. The summed E-state index contributed by atoms with van der Waals surface area (Å²) in [6.45, 7) is 0. The van der Waals surface area contributed by atoms with Crippen LogP contribution < -0.4 is 23.7 Å². The lowest BCUT2D eigenvalue weighted by molar-refractivity contribution is -0.131. The minimum Gasteiger partial charge on any atom is -0.495 e. The molecule has 0 saturated heterocycles. The van der Waals surface area contributed by atoms with E-state index in [0.29, 0.717) is 11.3 Å². The van der Waals surface area contributed by atoms with Gasteiger partial charge in [-0.15, -0.1) is 0 Å². The van der Waals surface area contributed by atoms with Crippen molar-refractivity contribution in [1.29, 1.82) is 0 Å². The van der Waals surface area contributed by atoms with Crippen molar-refractivity contribution in [3.8, 4) is 23.0 Å². The molecule has 10 heteroatoms. The summed E-state index contributed by atoms with van der Waals surface area (Å²) in [5.74, 6) is -0.196. The highest BCUT2D eigenvalue weighted by Gasteiger charge is 2.22. The fraction of sp³-hybridized carbons (Fsp3) is 0.211. The molecule has 0 atom stereocenters. The molecule has 2 N–H and O–H groups in total. The van der Waals surface area contributed by atoms with Gasteiger partial charge < -0.3 is 24.1 Å². The molecule has 9 nitrogen and oxygen atoms in total. The average molecular weight is 423 g/mol. The Morgan fingerprint density at radius 1 is 0.931 bits per heavy atom. The molecular formula is C19H21NO8S. The topological polar surface area (TPSA) is 120 Å². The van der Waals surface area contributed by atoms with Gasteiger partial charge in [0.25, 0.3) is 10.0 Å². The number of carboxylic acid groups (broad SMARTS) is 1. The summed E-state index contributed by atoms with van der Waals surface area (Å²) < 4.78 is 49.2. The smallest absolute Gasteiger partial charge is 0.328 e. The first kappa shape index (κ1) is 21.9. The number of sulfonamides is 1. The molecule has 156 valence electrons.